The van der Waals surface area contributed by atoms with Gasteiger partial charge in [-0.25, -0.2) is 0 Å². The number of rotatable bonds is 1. The van der Waals surface area contributed by atoms with Crippen molar-refractivity contribution in [2.75, 3.05) is 0 Å². The predicted molar refractivity (Wildman–Crippen MR) is 66.8 cm³/mol. The van der Waals surface area contributed by atoms with E-state index >= 15 is 0 Å². The first-order valence-electron chi connectivity index (χ1n) is 5.83. The lowest BCUT2D eigenvalue weighted by Gasteiger charge is -2.28. The van der Waals surface area contributed by atoms with Crippen molar-refractivity contribution in [1.29, 1.82) is 0 Å². The van der Waals surface area contributed by atoms with E-state index < -0.39 is 0 Å². The van der Waals surface area contributed by atoms with Crippen LogP contribution in [0.25, 0.3) is 5.57 Å². The number of benzene rings is 1. The number of aryl methyl sites for hydroxylation is 1. The van der Waals surface area contributed by atoms with Crippen molar-refractivity contribution in [2.45, 2.75) is 40.0 Å². The number of hydrogen-bond donors (Lipinski definition) is 0. The van der Waals surface area contributed by atoms with E-state index in [-0.39, 0.29) is 0 Å². The van der Waals surface area contributed by atoms with Gasteiger partial charge in [0.05, 0.1) is 0 Å². The van der Waals surface area contributed by atoms with Gasteiger partial charge in [-0.2, -0.15) is 0 Å². The molecular weight excluding hydrogens is 180 g/mol. The van der Waals surface area contributed by atoms with E-state index in [1.807, 2.05) is 0 Å². The maximum absolute atomic E-state index is 2.43. The molecule has 80 valence electrons. The van der Waals surface area contributed by atoms with Crippen LogP contribution < -0.4 is 0 Å². The summed E-state index contributed by atoms with van der Waals surface area (Å²) in [7, 11) is 0. The van der Waals surface area contributed by atoms with Crippen molar-refractivity contribution in [3.05, 3.63) is 41.5 Å². The van der Waals surface area contributed by atoms with E-state index in [1.165, 1.54) is 36.0 Å². The fraction of sp³-hybridized carbons (Fsp3) is 0.467. The average molecular weight is 200 g/mol. The highest BCUT2D eigenvalue weighted by molar-refractivity contribution is 5.66. The Kier molecular flexibility index (Phi) is 2.68. The monoisotopic (exact) mass is 200 g/mol. The Bertz CT molecular complexity index is 383. The molecule has 0 saturated heterocycles. The molecule has 0 heteroatoms. The first-order chi connectivity index (χ1) is 7.07. The van der Waals surface area contributed by atoms with Crippen LogP contribution in [0.3, 0.4) is 0 Å². The van der Waals surface area contributed by atoms with E-state index in [1.54, 1.807) is 0 Å². The van der Waals surface area contributed by atoms with Gasteiger partial charge in [0.15, 0.2) is 0 Å². The molecule has 0 heterocycles. The van der Waals surface area contributed by atoms with Gasteiger partial charge in [0, 0.05) is 0 Å². The van der Waals surface area contributed by atoms with Crippen LogP contribution in [-0.4, -0.2) is 0 Å². The minimum absolute atomic E-state index is 0.507. The smallest absolute Gasteiger partial charge is 0.0225 e. The van der Waals surface area contributed by atoms with Crippen molar-refractivity contribution < 1.29 is 0 Å². The van der Waals surface area contributed by atoms with Gasteiger partial charge < -0.3 is 0 Å². The topological polar surface area (TPSA) is 0 Å². The third kappa shape index (κ3) is 2.50. The molecule has 0 fully saturated rings. The average Bonchev–Trinajstić information content (AvgIpc) is 2.17. The molecule has 15 heavy (non-hydrogen) atoms. The summed E-state index contributed by atoms with van der Waals surface area (Å²) in [4.78, 5) is 0. The third-order valence-corrected chi connectivity index (χ3v) is 3.36. The summed E-state index contributed by atoms with van der Waals surface area (Å²) in [5.41, 5.74) is 4.83. The summed E-state index contributed by atoms with van der Waals surface area (Å²) >= 11 is 0. The van der Waals surface area contributed by atoms with Gasteiger partial charge in [0.2, 0.25) is 0 Å². The van der Waals surface area contributed by atoms with Crippen LogP contribution in [0.5, 0.6) is 0 Å². The fourth-order valence-electron chi connectivity index (χ4n) is 2.18. The molecule has 1 aromatic carbocycles. The molecule has 0 aromatic heterocycles. The van der Waals surface area contributed by atoms with Crippen molar-refractivity contribution in [1.82, 2.24) is 0 Å². The number of allylic oxidation sites excluding steroid dienone is 2. The molecule has 1 aliphatic carbocycles. The fourth-order valence-corrected chi connectivity index (χ4v) is 2.18. The molecule has 0 atom stereocenters. The largest absolute Gasteiger partial charge is 0.0802 e. The lowest BCUT2D eigenvalue weighted by Crippen LogP contribution is -2.14. The third-order valence-electron chi connectivity index (χ3n) is 3.36. The van der Waals surface area contributed by atoms with Crippen molar-refractivity contribution >= 4 is 5.57 Å². The molecule has 1 aliphatic rings. The van der Waals surface area contributed by atoms with Gasteiger partial charge in [-0.3, -0.25) is 0 Å². The Balaban J connectivity index is 2.23. The molecule has 1 aromatic rings. The molecule has 0 saturated carbocycles. The number of hydrogen-bond acceptors (Lipinski definition) is 0. The van der Waals surface area contributed by atoms with Crippen molar-refractivity contribution in [3.63, 3.8) is 0 Å². The summed E-state index contributed by atoms with van der Waals surface area (Å²) < 4.78 is 0. The Morgan fingerprint density at radius 2 is 2.00 bits per heavy atom. The highest BCUT2D eigenvalue weighted by Gasteiger charge is 2.21. The zero-order valence-electron chi connectivity index (χ0n) is 10.0. The van der Waals surface area contributed by atoms with Crippen LogP contribution in [0.2, 0.25) is 0 Å². The first kappa shape index (κ1) is 10.5. The predicted octanol–water partition coefficient (Wildman–Crippen LogP) is 4.59. The van der Waals surface area contributed by atoms with Crippen LogP contribution in [0.4, 0.5) is 0 Å². The van der Waals surface area contributed by atoms with Crippen LogP contribution in [-0.2, 0) is 0 Å². The Labute approximate surface area is 93.0 Å². The van der Waals surface area contributed by atoms with Crippen LogP contribution in [0, 0.1) is 12.3 Å². The standard InChI is InChI=1S/C15H20/c1-12-5-4-6-14(11-12)13-7-9-15(2,3)10-8-13/h4-7,11H,8-10H2,1-3H3. The summed E-state index contributed by atoms with van der Waals surface area (Å²) in [6, 6.07) is 8.85. The summed E-state index contributed by atoms with van der Waals surface area (Å²) in [5, 5.41) is 0. The normalized spacial score (nSPS) is 19.8. The van der Waals surface area contributed by atoms with Gasteiger partial charge in [0.1, 0.15) is 0 Å². The van der Waals surface area contributed by atoms with E-state index in [2.05, 4.69) is 51.1 Å². The molecule has 0 bridgehead atoms. The van der Waals surface area contributed by atoms with Gasteiger partial charge in [0.25, 0.3) is 0 Å². The molecule has 2 rings (SSSR count). The van der Waals surface area contributed by atoms with Gasteiger partial charge in [-0.15, -0.1) is 0 Å². The molecule has 0 aliphatic heterocycles. The zero-order valence-corrected chi connectivity index (χ0v) is 10.0. The van der Waals surface area contributed by atoms with E-state index in [9.17, 15) is 0 Å². The molecule has 0 N–H and O–H groups in total. The summed E-state index contributed by atoms with van der Waals surface area (Å²) in [6.07, 6.45) is 6.19. The molecule has 0 radical (unpaired) electrons. The second kappa shape index (κ2) is 3.84. The lowest BCUT2D eigenvalue weighted by molar-refractivity contribution is 0.335. The lowest BCUT2D eigenvalue weighted by atomic mass is 9.77. The van der Waals surface area contributed by atoms with E-state index in [0.29, 0.717) is 5.41 Å². The van der Waals surface area contributed by atoms with Gasteiger partial charge >= 0.3 is 0 Å². The zero-order chi connectivity index (χ0) is 10.9. The first-order valence-corrected chi connectivity index (χ1v) is 5.83. The maximum atomic E-state index is 2.43. The molecule has 0 nitrogen and oxygen atoms in total. The summed E-state index contributed by atoms with van der Waals surface area (Å²) in [6.45, 7) is 6.88. The highest BCUT2D eigenvalue weighted by atomic mass is 14.3. The second-order valence-electron chi connectivity index (χ2n) is 5.47. The molecule has 0 amide bonds. The SMILES string of the molecule is Cc1cccc(C2=CCC(C)(C)CC2)c1. The van der Waals surface area contributed by atoms with Crippen LogP contribution >= 0.6 is 0 Å². The van der Waals surface area contributed by atoms with Gasteiger partial charge in [-0.1, -0.05) is 49.8 Å². The van der Waals surface area contributed by atoms with Crippen molar-refractivity contribution in [2.24, 2.45) is 5.41 Å². The Hall–Kier alpha value is -1.04. The van der Waals surface area contributed by atoms with Crippen LogP contribution in [0.1, 0.15) is 44.2 Å². The van der Waals surface area contributed by atoms with E-state index in [4.69, 9.17) is 0 Å². The maximum Gasteiger partial charge on any atom is -0.0225 e. The quantitative estimate of drug-likeness (QED) is 0.622. The highest BCUT2D eigenvalue weighted by Crippen LogP contribution is 2.37. The van der Waals surface area contributed by atoms with E-state index in [0.717, 1.165) is 0 Å². The second-order valence-corrected chi connectivity index (χ2v) is 5.47. The van der Waals surface area contributed by atoms with Crippen LogP contribution in [0.15, 0.2) is 30.3 Å². The molecular formula is C15H20. The van der Waals surface area contributed by atoms with Crippen molar-refractivity contribution in [3.8, 4) is 0 Å². The molecule has 0 unspecified atom stereocenters. The Morgan fingerprint density at radius 3 is 2.60 bits per heavy atom. The van der Waals surface area contributed by atoms with Gasteiger partial charge in [-0.05, 0) is 42.7 Å². The summed E-state index contributed by atoms with van der Waals surface area (Å²) in [5.74, 6) is 0. The molecule has 0 spiro atoms. The Morgan fingerprint density at radius 1 is 1.20 bits per heavy atom. The minimum Gasteiger partial charge on any atom is -0.0802 e. The minimum atomic E-state index is 0.507.